The molecule has 1 aliphatic rings. The third kappa shape index (κ3) is 4.38. The number of fused-ring (bicyclic) bond motifs is 1. The normalized spacial score (nSPS) is 15.3. The van der Waals surface area contributed by atoms with Crippen LogP contribution in [0.3, 0.4) is 0 Å². The number of benzene rings is 2. The molecule has 0 bridgehead atoms. The fourth-order valence-corrected chi connectivity index (χ4v) is 5.19. The molecule has 0 saturated carbocycles. The second-order valence-electron chi connectivity index (χ2n) is 6.42. The van der Waals surface area contributed by atoms with E-state index in [1.54, 1.807) is 29.2 Å². The molecule has 0 radical (unpaired) electrons. The number of carbonyl (C=O) groups is 1. The van der Waals surface area contributed by atoms with E-state index in [9.17, 15) is 4.79 Å². The maximum atomic E-state index is 12.4. The molecule has 0 unspecified atom stereocenters. The zero-order chi connectivity index (χ0) is 18.8. The predicted octanol–water partition coefficient (Wildman–Crippen LogP) is 4.88. The van der Waals surface area contributed by atoms with Crippen LogP contribution in [0.5, 0.6) is 0 Å². The number of hydrogen-bond donors (Lipinski definition) is 1. The highest BCUT2D eigenvalue weighted by Gasteiger charge is 2.19. The molecule has 140 valence electrons. The summed E-state index contributed by atoms with van der Waals surface area (Å²) < 4.78 is 2.11. The minimum Gasteiger partial charge on any atom is -0.322 e. The SMILES string of the molecule is CN1CCN(C(=O)Nc2ccc(Sc3nc4ccccc4s3)c(Cl)c2)CC1. The molecular formula is C19H19ClN4OS2. The Kier molecular flexibility index (Phi) is 5.54. The van der Waals surface area contributed by atoms with Crippen molar-refractivity contribution in [3.05, 3.63) is 47.5 Å². The Morgan fingerprint density at radius 2 is 1.96 bits per heavy atom. The summed E-state index contributed by atoms with van der Waals surface area (Å²) >= 11 is 9.64. The van der Waals surface area contributed by atoms with Crippen LogP contribution in [0.2, 0.25) is 5.02 Å². The topological polar surface area (TPSA) is 48.5 Å². The summed E-state index contributed by atoms with van der Waals surface area (Å²) in [7, 11) is 2.07. The van der Waals surface area contributed by atoms with E-state index in [0.717, 1.165) is 45.6 Å². The molecule has 1 N–H and O–H groups in total. The highest BCUT2D eigenvalue weighted by molar-refractivity contribution is 8.01. The number of nitrogens with one attached hydrogen (secondary N) is 1. The van der Waals surface area contributed by atoms with Crippen LogP contribution in [0.1, 0.15) is 0 Å². The van der Waals surface area contributed by atoms with Gasteiger partial charge >= 0.3 is 6.03 Å². The van der Waals surface area contributed by atoms with E-state index in [1.807, 2.05) is 35.2 Å². The van der Waals surface area contributed by atoms with E-state index in [1.165, 1.54) is 0 Å². The number of hydrogen-bond acceptors (Lipinski definition) is 5. The van der Waals surface area contributed by atoms with Gasteiger partial charge in [-0.2, -0.15) is 0 Å². The first-order valence-electron chi connectivity index (χ1n) is 8.66. The standard InChI is InChI=1S/C19H19ClN4OS2/c1-23-8-10-24(11-9-23)18(25)21-13-6-7-16(14(20)12-13)26-19-22-15-4-2-3-5-17(15)27-19/h2-7,12H,8-11H2,1H3,(H,21,25). The number of aromatic nitrogens is 1. The Balaban J connectivity index is 1.43. The molecule has 0 spiro atoms. The summed E-state index contributed by atoms with van der Waals surface area (Å²) in [5, 5.41) is 3.55. The molecule has 4 rings (SSSR count). The number of carbonyl (C=O) groups excluding carboxylic acids is 1. The van der Waals surface area contributed by atoms with Gasteiger partial charge in [-0.3, -0.25) is 0 Å². The third-order valence-electron chi connectivity index (χ3n) is 4.45. The second kappa shape index (κ2) is 8.06. The Hall–Kier alpha value is -1.80. The van der Waals surface area contributed by atoms with Crippen molar-refractivity contribution in [1.82, 2.24) is 14.8 Å². The van der Waals surface area contributed by atoms with Crippen molar-refractivity contribution in [1.29, 1.82) is 0 Å². The maximum Gasteiger partial charge on any atom is 0.321 e. The molecule has 2 amide bonds. The van der Waals surface area contributed by atoms with Crippen molar-refractivity contribution in [3.63, 3.8) is 0 Å². The number of amides is 2. The van der Waals surface area contributed by atoms with E-state index >= 15 is 0 Å². The first-order valence-corrected chi connectivity index (χ1v) is 10.7. The summed E-state index contributed by atoms with van der Waals surface area (Å²) in [5.74, 6) is 0. The molecule has 8 heteroatoms. The Morgan fingerprint density at radius 3 is 2.70 bits per heavy atom. The van der Waals surface area contributed by atoms with Crippen molar-refractivity contribution in [2.75, 3.05) is 38.5 Å². The smallest absolute Gasteiger partial charge is 0.321 e. The van der Waals surface area contributed by atoms with Crippen LogP contribution >= 0.6 is 34.7 Å². The van der Waals surface area contributed by atoms with Gasteiger partial charge in [0.05, 0.1) is 15.2 Å². The molecule has 0 atom stereocenters. The number of rotatable bonds is 3. The predicted molar refractivity (Wildman–Crippen MR) is 113 cm³/mol. The van der Waals surface area contributed by atoms with Crippen LogP contribution in [0.4, 0.5) is 10.5 Å². The van der Waals surface area contributed by atoms with E-state index in [0.29, 0.717) is 10.7 Å². The first kappa shape index (κ1) is 18.6. The van der Waals surface area contributed by atoms with Gasteiger partial charge in [0.15, 0.2) is 4.34 Å². The number of para-hydroxylation sites is 1. The van der Waals surface area contributed by atoms with Gasteiger partial charge in [-0.05, 0) is 37.4 Å². The minimum absolute atomic E-state index is 0.0780. The fourth-order valence-electron chi connectivity index (χ4n) is 2.86. The Morgan fingerprint density at radius 1 is 1.19 bits per heavy atom. The van der Waals surface area contributed by atoms with Crippen molar-refractivity contribution >= 4 is 56.6 Å². The molecule has 2 heterocycles. The third-order valence-corrected chi connectivity index (χ3v) is 7.04. The van der Waals surface area contributed by atoms with Crippen LogP contribution in [0.15, 0.2) is 51.7 Å². The van der Waals surface area contributed by atoms with Crippen LogP contribution in [0, 0.1) is 0 Å². The van der Waals surface area contributed by atoms with Crippen LogP contribution in [-0.2, 0) is 0 Å². The van der Waals surface area contributed by atoms with Gasteiger partial charge in [0.1, 0.15) is 0 Å². The Labute approximate surface area is 171 Å². The van der Waals surface area contributed by atoms with E-state index < -0.39 is 0 Å². The summed E-state index contributed by atoms with van der Waals surface area (Å²) in [6.07, 6.45) is 0. The average Bonchev–Trinajstić information content (AvgIpc) is 3.07. The van der Waals surface area contributed by atoms with Gasteiger partial charge < -0.3 is 15.1 Å². The molecule has 1 fully saturated rings. The highest BCUT2D eigenvalue weighted by atomic mass is 35.5. The van der Waals surface area contributed by atoms with E-state index in [4.69, 9.17) is 11.6 Å². The summed E-state index contributed by atoms with van der Waals surface area (Å²) in [5.41, 5.74) is 1.70. The molecular weight excluding hydrogens is 400 g/mol. The lowest BCUT2D eigenvalue weighted by Gasteiger charge is -2.32. The molecule has 0 aliphatic carbocycles. The number of halogens is 1. The first-order chi connectivity index (χ1) is 13.1. The van der Waals surface area contributed by atoms with Crippen LogP contribution in [-0.4, -0.2) is 54.0 Å². The molecule has 5 nitrogen and oxygen atoms in total. The lowest BCUT2D eigenvalue weighted by atomic mass is 10.3. The number of thiazole rings is 1. The maximum absolute atomic E-state index is 12.4. The van der Waals surface area contributed by atoms with Crippen LogP contribution < -0.4 is 5.32 Å². The second-order valence-corrected chi connectivity index (χ2v) is 9.14. The highest BCUT2D eigenvalue weighted by Crippen LogP contribution is 2.38. The zero-order valence-corrected chi connectivity index (χ0v) is 17.2. The molecule has 2 aromatic carbocycles. The number of urea groups is 1. The van der Waals surface area contributed by atoms with Gasteiger partial charge in [-0.15, -0.1) is 11.3 Å². The van der Waals surface area contributed by atoms with Gasteiger partial charge in [-0.1, -0.05) is 35.5 Å². The van der Waals surface area contributed by atoms with Crippen molar-refractivity contribution in [3.8, 4) is 0 Å². The van der Waals surface area contributed by atoms with Gasteiger partial charge in [0.2, 0.25) is 0 Å². The number of nitrogens with zero attached hydrogens (tertiary/aromatic N) is 3. The lowest BCUT2D eigenvalue weighted by Crippen LogP contribution is -2.48. The largest absolute Gasteiger partial charge is 0.322 e. The number of anilines is 1. The summed E-state index contributed by atoms with van der Waals surface area (Å²) in [6.45, 7) is 3.26. The molecule has 3 aromatic rings. The zero-order valence-electron chi connectivity index (χ0n) is 14.8. The van der Waals surface area contributed by atoms with Crippen molar-refractivity contribution < 1.29 is 4.79 Å². The number of piperazine rings is 1. The quantitative estimate of drug-likeness (QED) is 0.658. The molecule has 1 aliphatic heterocycles. The summed E-state index contributed by atoms with van der Waals surface area (Å²) in [6, 6.07) is 13.6. The molecule has 1 aromatic heterocycles. The monoisotopic (exact) mass is 418 g/mol. The Bertz CT molecular complexity index is 936. The van der Waals surface area contributed by atoms with Crippen molar-refractivity contribution in [2.24, 2.45) is 0 Å². The van der Waals surface area contributed by atoms with Crippen molar-refractivity contribution in [2.45, 2.75) is 9.24 Å². The molecule has 1 saturated heterocycles. The van der Waals surface area contributed by atoms with Gasteiger partial charge in [-0.25, -0.2) is 9.78 Å². The summed E-state index contributed by atoms with van der Waals surface area (Å²) in [4.78, 5) is 22.0. The lowest BCUT2D eigenvalue weighted by molar-refractivity contribution is 0.164. The van der Waals surface area contributed by atoms with Gasteiger partial charge in [0.25, 0.3) is 0 Å². The van der Waals surface area contributed by atoms with Crippen LogP contribution in [0.25, 0.3) is 10.2 Å². The number of likely N-dealkylation sites (N-methyl/N-ethyl adjacent to an activating group) is 1. The van der Waals surface area contributed by atoms with Gasteiger partial charge in [0, 0.05) is 36.8 Å². The van der Waals surface area contributed by atoms with E-state index in [2.05, 4.69) is 28.3 Å². The molecule has 27 heavy (non-hydrogen) atoms. The minimum atomic E-state index is -0.0780. The fraction of sp³-hybridized carbons (Fsp3) is 0.263. The van der Waals surface area contributed by atoms with E-state index in [-0.39, 0.29) is 6.03 Å². The average molecular weight is 419 g/mol.